The Morgan fingerprint density at radius 2 is 2.09 bits per heavy atom. The van der Waals surface area contributed by atoms with Crippen molar-refractivity contribution in [2.24, 2.45) is 11.8 Å². The lowest BCUT2D eigenvalue weighted by molar-refractivity contribution is -0.133. The maximum atomic E-state index is 12.8. The van der Waals surface area contributed by atoms with E-state index in [1.54, 1.807) is 0 Å². The van der Waals surface area contributed by atoms with Gasteiger partial charge in [-0.05, 0) is 37.2 Å². The van der Waals surface area contributed by atoms with Crippen molar-refractivity contribution >= 4 is 5.91 Å². The van der Waals surface area contributed by atoms with E-state index < -0.39 is 0 Å². The molecule has 0 spiro atoms. The molecule has 1 atom stereocenters. The fourth-order valence-electron chi connectivity index (χ4n) is 3.16. The van der Waals surface area contributed by atoms with E-state index in [9.17, 15) is 4.79 Å². The Labute approximate surface area is 139 Å². The molecule has 0 aliphatic heterocycles. The third-order valence-corrected chi connectivity index (χ3v) is 4.39. The molecule has 1 aliphatic carbocycles. The Kier molecular flexibility index (Phi) is 6.40. The molecule has 0 unspecified atom stereocenters. The van der Waals surface area contributed by atoms with Crippen molar-refractivity contribution in [1.29, 1.82) is 5.26 Å². The van der Waals surface area contributed by atoms with Crippen LogP contribution in [0.1, 0.15) is 51.5 Å². The number of carbonyl (C=O) groups excluding carboxylic acids is 1. The first-order chi connectivity index (χ1) is 11.1. The molecule has 0 N–H and O–H groups in total. The molecule has 0 fully saturated rings. The Balaban J connectivity index is 2.26. The van der Waals surface area contributed by atoms with Gasteiger partial charge in [-0.15, -0.1) is 0 Å². The molecule has 1 amide bonds. The fourth-order valence-corrected chi connectivity index (χ4v) is 3.16. The minimum Gasteiger partial charge on any atom is -0.312 e. The monoisotopic (exact) mass is 310 g/mol. The molecule has 23 heavy (non-hydrogen) atoms. The highest BCUT2D eigenvalue weighted by molar-refractivity contribution is 5.80. The highest BCUT2D eigenvalue weighted by atomic mass is 16.2. The molecular formula is C20H26N2O. The SMILES string of the molecule is CC(C)C(=O)N(Cc1ccccc1)C1=CCCC[C@H]1CCC#N. The Morgan fingerprint density at radius 1 is 1.35 bits per heavy atom. The van der Waals surface area contributed by atoms with Gasteiger partial charge in [0, 0.05) is 18.0 Å². The third kappa shape index (κ3) is 4.69. The van der Waals surface area contributed by atoms with E-state index in [0.717, 1.165) is 36.9 Å². The van der Waals surface area contributed by atoms with Gasteiger partial charge < -0.3 is 4.90 Å². The number of hydrogen-bond acceptors (Lipinski definition) is 2. The van der Waals surface area contributed by atoms with Crippen LogP contribution in [0, 0.1) is 23.2 Å². The average Bonchev–Trinajstić information content (AvgIpc) is 2.58. The Bertz CT molecular complexity index is 583. The highest BCUT2D eigenvalue weighted by Crippen LogP contribution is 2.32. The lowest BCUT2D eigenvalue weighted by atomic mass is 9.87. The van der Waals surface area contributed by atoms with Crippen LogP contribution < -0.4 is 0 Å². The summed E-state index contributed by atoms with van der Waals surface area (Å²) in [6.45, 7) is 4.52. The van der Waals surface area contributed by atoms with Gasteiger partial charge in [0.05, 0.1) is 12.6 Å². The van der Waals surface area contributed by atoms with Gasteiger partial charge in [-0.1, -0.05) is 50.3 Å². The number of nitrogens with zero attached hydrogens (tertiary/aromatic N) is 2. The molecule has 0 aromatic heterocycles. The zero-order valence-corrected chi connectivity index (χ0v) is 14.2. The summed E-state index contributed by atoms with van der Waals surface area (Å²) >= 11 is 0. The second kappa shape index (κ2) is 8.53. The van der Waals surface area contributed by atoms with Crippen molar-refractivity contribution in [1.82, 2.24) is 4.90 Å². The van der Waals surface area contributed by atoms with Crippen molar-refractivity contribution in [3.63, 3.8) is 0 Å². The van der Waals surface area contributed by atoms with Crippen molar-refractivity contribution in [3.05, 3.63) is 47.7 Å². The average molecular weight is 310 g/mol. The summed E-state index contributed by atoms with van der Waals surface area (Å²) in [7, 11) is 0. The summed E-state index contributed by atoms with van der Waals surface area (Å²) in [6.07, 6.45) is 6.86. The summed E-state index contributed by atoms with van der Waals surface area (Å²) in [5.74, 6) is 0.469. The maximum absolute atomic E-state index is 12.8. The van der Waals surface area contributed by atoms with Crippen LogP contribution >= 0.6 is 0 Å². The van der Waals surface area contributed by atoms with Crippen molar-refractivity contribution < 1.29 is 4.79 Å². The minimum absolute atomic E-state index is 0.0295. The normalized spacial score (nSPS) is 17.5. The van der Waals surface area contributed by atoms with Crippen LogP contribution in [0.15, 0.2) is 42.1 Å². The minimum atomic E-state index is -0.0295. The summed E-state index contributed by atoms with van der Waals surface area (Å²) in [5, 5.41) is 8.90. The van der Waals surface area contributed by atoms with Crippen LogP contribution in [-0.2, 0) is 11.3 Å². The van der Waals surface area contributed by atoms with Gasteiger partial charge in [-0.2, -0.15) is 5.26 Å². The molecule has 0 radical (unpaired) electrons. The van der Waals surface area contributed by atoms with Gasteiger partial charge in [0.25, 0.3) is 0 Å². The van der Waals surface area contributed by atoms with E-state index in [-0.39, 0.29) is 11.8 Å². The fraction of sp³-hybridized carbons (Fsp3) is 0.500. The number of nitriles is 1. The maximum Gasteiger partial charge on any atom is 0.229 e. The first kappa shape index (κ1) is 17.3. The number of hydrogen-bond donors (Lipinski definition) is 0. The van der Waals surface area contributed by atoms with E-state index in [2.05, 4.69) is 24.3 Å². The molecule has 122 valence electrons. The summed E-state index contributed by atoms with van der Waals surface area (Å²) in [6, 6.07) is 12.4. The second-order valence-electron chi connectivity index (χ2n) is 6.52. The van der Waals surface area contributed by atoms with Crippen LogP contribution in [0.25, 0.3) is 0 Å². The van der Waals surface area contributed by atoms with Crippen molar-refractivity contribution in [2.75, 3.05) is 0 Å². The van der Waals surface area contributed by atoms with Gasteiger partial charge in [-0.3, -0.25) is 4.79 Å². The number of carbonyl (C=O) groups is 1. The molecule has 3 nitrogen and oxygen atoms in total. The van der Waals surface area contributed by atoms with Gasteiger partial charge >= 0.3 is 0 Å². The molecule has 1 aromatic rings. The van der Waals surface area contributed by atoms with Gasteiger partial charge in [0.15, 0.2) is 0 Å². The molecule has 0 saturated heterocycles. The van der Waals surface area contributed by atoms with Crippen LogP contribution in [0.4, 0.5) is 0 Å². The predicted molar refractivity (Wildman–Crippen MR) is 92.1 cm³/mol. The number of benzene rings is 1. The summed E-state index contributed by atoms with van der Waals surface area (Å²) in [5.41, 5.74) is 2.28. The Hall–Kier alpha value is -2.08. The topological polar surface area (TPSA) is 44.1 Å². The van der Waals surface area contributed by atoms with Gasteiger partial charge in [-0.25, -0.2) is 0 Å². The molecule has 1 aromatic carbocycles. The largest absolute Gasteiger partial charge is 0.312 e. The first-order valence-corrected chi connectivity index (χ1v) is 8.55. The molecule has 0 heterocycles. The van der Waals surface area contributed by atoms with E-state index >= 15 is 0 Å². The van der Waals surface area contributed by atoms with E-state index in [1.807, 2.05) is 36.9 Å². The summed E-state index contributed by atoms with van der Waals surface area (Å²) in [4.78, 5) is 14.7. The van der Waals surface area contributed by atoms with Crippen molar-refractivity contribution in [3.8, 4) is 6.07 Å². The zero-order chi connectivity index (χ0) is 16.7. The molecule has 3 heteroatoms. The molecule has 0 bridgehead atoms. The molecule has 2 rings (SSSR count). The number of rotatable bonds is 6. The highest BCUT2D eigenvalue weighted by Gasteiger charge is 2.28. The lowest BCUT2D eigenvalue weighted by Gasteiger charge is -2.34. The predicted octanol–water partition coefficient (Wildman–Crippen LogP) is 4.66. The van der Waals surface area contributed by atoms with Crippen molar-refractivity contribution in [2.45, 2.75) is 52.5 Å². The van der Waals surface area contributed by atoms with Gasteiger partial charge in [0.2, 0.25) is 5.91 Å². The van der Waals surface area contributed by atoms with E-state index in [0.29, 0.717) is 18.9 Å². The molecule has 0 saturated carbocycles. The smallest absolute Gasteiger partial charge is 0.229 e. The number of allylic oxidation sites excluding steroid dienone is 2. The number of amides is 1. The van der Waals surface area contributed by atoms with Crippen LogP contribution in [0.2, 0.25) is 0 Å². The van der Waals surface area contributed by atoms with Crippen LogP contribution in [0.3, 0.4) is 0 Å². The van der Waals surface area contributed by atoms with Gasteiger partial charge in [0.1, 0.15) is 0 Å². The second-order valence-corrected chi connectivity index (χ2v) is 6.52. The zero-order valence-electron chi connectivity index (χ0n) is 14.2. The quantitative estimate of drug-likeness (QED) is 0.767. The summed E-state index contributed by atoms with van der Waals surface area (Å²) < 4.78 is 0. The molecule has 1 aliphatic rings. The van der Waals surface area contributed by atoms with Crippen LogP contribution in [-0.4, -0.2) is 10.8 Å². The lowest BCUT2D eigenvalue weighted by Crippen LogP contribution is -2.36. The third-order valence-electron chi connectivity index (χ3n) is 4.39. The standard InChI is InChI=1S/C20H26N2O/c1-16(2)20(23)22(15-17-9-4-3-5-10-17)19-13-7-6-11-18(19)12-8-14-21/h3-5,9-10,13,16,18H,6-8,11-12,15H2,1-2H3/t18-/m0/s1. The van der Waals surface area contributed by atoms with E-state index in [1.165, 1.54) is 0 Å². The van der Waals surface area contributed by atoms with E-state index in [4.69, 9.17) is 5.26 Å². The first-order valence-electron chi connectivity index (χ1n) is 8.55. The Morgan fingerprint density at radius 3 is 2.74 bits per heavy atom. The molecular weight excluding hydrogens is 284 g/mol. The van der Waals surface area contributed by atoms with Crippen LogP contribution in [0.5, 0.6) is 0 Å².